The monoisotopic (exact) mass is 166 g/mol. The summed E-state index contributed by atoms with van der Waals surface area (Å²) in [7, 11) is 0. The zero-order valence-corrected chi connectivity index (χ0v) is 8.88. The molecule has 0 amide bonds. The molecule has 0 aromatic rings. The molecule has 2 aliphatic carbocycles. The second-order valence-electron chi connectivity index (χ2n) is 5.62. The van der Waals surface area contributed by atoms with E-state index in [0.717, 1.165) is 35.5 Å². The topological polar surface area (TPSA) is 0 Å². The van der Waals surface area contributed by atoms with Gasteiger partial charge in [0.1, 0.15) is 0 Å². The van der Waals surface area contributed by atoms with Crippen molar-refractivity contribution in [2.45, 2.75) is 40.5 Å². The van der Waals surface area contributed by atoms with Crippen molar-refractivity contribution in [2.75, 3.05) is 0 Å². The SMILES string of the molecule is CC(C)[C@@H]1[C@@H]2C[C@@H]2C[C@H]1C(C)C. The minimum absolute atomic E-state index is 0.921. The Hall–Kier alpha value is 0. The number of rotatable bonds is 2. The van der Waals surface area contributed by atoms with Gasteiger partial charge in [-0.05, 0) is 48.3 Å². The minimum Gasteiger partial charge on any atom is -0.0625 e. The smallest absolute Gasteiger partial charge is 0.0329 e. The van der Waals surface area contributed by atoms with Crippen molar-refractivity contribution in [3.8, 4) is 0 Å². The largest absolute Gasteiger partial charge is 0.0625 e. The average Bonchev–Trinajstić information content (AvgIpc) is 2.60. The van der Waals surface area contributed by atoms with Gasteiger partial charge in [0.2, 0.25) is 0 Å². The standard InChI is InChI=1S/C12H22/c1-7(2)10-5-9-6-11(9)12(10)8(3)4/h7-12H,5-6H2,1-4H3/t9-,10-,11+,12-/m0/s1. The molecule has 0 aromatic carbocycles. The van der Waals surface area contributed by atoms with E-state index in [-0.39, 0.29) is 0 Å². The summed E-state index contributed by atoms with van der Waals surface area (Å²) in [6.45, 7) is 9.65. The quantitative estimate of drug-likeness (QED) is 0.588. The molecule has 70 valence electrons. The summed E-state index contributed by atoms with van der Waals surface area (Å²) in [5, 5.41) is 0. The van der Waals surface area contributed by atoms with Crippen LogP contribution in [0.15, 0.2) is 0 Å². The number of hydrogen-bond donors (Lipinski definition) is 0. The lowest BCUT2D eigenvalue weighted by molar-refractivity contribution is 0.201. The van der Waals surface area contributed by atoms with Crippen LogP contribution in [-0.4, -0.2) is 0 Å². The maximum Gasteiger partial charge on any atom is -0.0329 e. The van der Waals surface area contributed by atoms with Gasteiger partial charge in [-0.1, -0.05) is 27.7 Å². The van der Waals surface area contributed by atoms with E-state index in [2.05, 4.69) is 27.7 Å². The normalized spacial score (nSPS) is 45.5. The van der Waals surface area contributed by atoms with Crippen molar-refractivity contribution in [3.63, 3.8) is 0 Å². The fourth-order valence-electron chi connectivity index (χ4n) is 3.54. The lowest BCUT2D eigenvalue weighted by Gasteiger charge is -2.29. The van der Waals surface area contributed by atoms with Crippen LogP contribution in [-0.2, 0) is 0 Å². The van der Waals surface area contributed by atoms with E-state index in [9.17, 15) is 0 Å². The van der Waals surface area contributed by atoms with Crippen molar-refractivity contribution >= 4 is 0 Å². The van der Waals surface area contributed by atoms with Crippen LogP contribution in [0.3, 0.4) is 0 Å². The van der Waals surface area contributed by atoms with E-state index >= 15 is 0 Å². The molecule has 0 saturated heterocycles. The van der Waals surface area contributed by atoms with Crippen LogP contribution in [0.2, 0.25) is 0 Å². The van der Waals surface area contributed by atoms with Gasteiger partial charge < -0.3 is 0 Å². The third kappa shape index (κ3) is 1.20. The third-order valence-corrected chi connectivity index (χ3v) is 4.17. The summed E-state index contributed by atoms with van der Waals surface area (Å²) in [5.41, 5.74) is 0. The molecule has 0 nitrogen and oxygen atoms in total. The predicted octanol–water partition coefficient (Wildman–Crippen LogP) is 3.57. The van der Waals surface area contributed by atoms with E-state index in [4.69, 9.17) is 0 Å². The highest BCUT2D eigenvalue weighted by atomic mass is 14.6. The fourth-order valence-corrected chi connectivity index (χ4v) is 3.54. The number of hydrogen-bond acceptors (Lipinski definition) is 0. The summed E-state index contributed by atoms with van der Waals surface area (Å²) in [4.78, 5) is 0. The molecule has 0 aliphatic heterocycles. The highest BCUT2D eigenvalue weighted by Gasteiger charge is 2.54. The van der Waals surface area contributed by atoms with E-state index in [1.54, 1.807) is 12.8 Å². The highest BCUT2D eigenvalue weighted by Crippen LogP contribution is 2.61. The van der Waals surface area contributed by atoms with Crippen LogP contribution in [0, 0.1) is 35.5 Å². The van der Waals surface area contributed by atoms with Gasteiger partial charge in [0.15, 0.2) is 0 Å². The van der Waals surface area contributed by atoms with Gasteiger partial charge in [-0.3, -0.25) is 0 Å². The third-order valence-electron chi connectivity index (χ3n) is 4.17. The highest BCUT2D eigenvalue weighted by molar-refractivity contribution is 5.03. The molecule has 0 N–H and O–H groups in total. The van der Waals surface area contributed by atoms with Gasteiger partial charge in [0, 0.05) is 0 Å². The zero-order chi connectivity index (χ0) is 8.88. The van der Waals surface area contributed by atoms with Crippen LogP contribution >= 0.6 is 0 Å². The first-order valence-electron chi connectivity index (χ1n) is 5.61. The van der Waals surface area contributed by atoms with Gasteiger partial charge in [-0.25, -0.2) is 0 Å². The van der Waals surface area contributed by atoms with E-state index in [1.807, 2.05) is 0 Å². The molecule has 2 fully saturated rings. The lowest BCUT2D eigenvalue weighted by atomic mass is 9.77. The summed E-state index contributed by atoms with van der Waals surface area (Å²) >= 11 is 0. The molecule has 0 heterocycles. The first-order chi connectivity index (χ1) is 5.61. The molecule has 0 spiro atoms. The summed E-state index contributed by atoms with van der Waals surface area (Å²) in [6.07, 6.45) is 3.11. The Bertz CT molecular complexity index is 169. The maximum absolute atomic E-state index is 2.42. The van der Waals surface area contributed by atoms with Gasteiger partial charge in [0.05, 0.1) is 0 Å². The Balaban J connectivity index is 2.06. The summed E-state index contributed by atoms with van der Waals surface area (Å²) < 4.78 is 0. The number of fused-ring (bicyclic) bond motifs is 1. The van der Waals surface area contributed by atoms with E-state index < -0.39 is 0 Å². The molecule has 12 heavy (non-hydrogen) atoms. The Kier molecular flexibility index (Phi) is 1.97. The summed E-state index contributed by atoms with van der Waals surface area (Å²) in [5.74, 6) is 6.24. The Morgan fingerprint density at radius 2 is 1.58 bits per heavy atom. The predicted molar refractivity (Wildman–Crippen MR) is 52.9 cm³/mol. The van der Waals surface area contributed by atoms with Crippen molar-refractivity contribution in [3.05, 3.63) is 0 Å². The van der Waals surface area contributed by atoms with Crippen molar-refractivity contribution < 1.29 is 0 Å². The Morgan fingerprint density at radius 1 is 0.917 bits per heavy atom. The molecular weight excluding hydrogens is 144 g/mol. The first kappa shape index (κ1) is 8.59. The van der Waals surface area contributed by atoms with E-state index in [0.29, 0.717) is 0 Å². The van der Waals surface area contributed by atoms with Crippen LogP contribution < -0.4 is 0 Å². The molecule has 0 bridgehead atoms. The second kappa shape index (κ2) is 2.75. The zero-order valence-electron chi connectivity index (χ0n) is 8.88. The van der Waals surface area contributed by atoms with Gasteiger partial charge in [0.25, 0.3) is 0 Å². The second-order valence-corrected chi connectivity index (χ2v) is 5.62. The average molecular weight is 166 g/mol. The Labute approximate surface area is 76.7 Å². The maximum atomic E-state index is 2.42. The first-order valence-corrected chi connectivity index (χ1v) is 5.61. The summed E-state index contributed by atoms with van der Waals surface area (Å²) in [6, 6.07) is 0. The fraction of sp³-hybridized carbons (Fsp3) is 1.00. The minimum atomic E-state index is 0.921. The Morgan fingerprint density at radius 3 is 2.00 bits per heavy atom. The van der Waals surface area contributed by atoms with Crippen molar-refractivity contribution in [1.82, 2.24) is 0 Å². The van der Waals surface area contributed by atoms with Crippen molar-refractivity contribution in [1.29, 1.82) is 0 Å². The molecule has 0 aromatic heterocycles. The van der Waals surface area contributed by atoms with Gasteiger partial charge in [-0.15, -0.1) is 0 Å². The molecule has 4 atom stereocenters. The van der Waals surface area contributed by atoms with Gasteiger partial charge >= 0.3 is 0 Å². The van der Waals surface area contributed by atoms with Crippen LogP contribution in [0.25, 0.3) is 0 Å². The molecule has 0 unspecified atom stereocenters. The molecular formula is C12H22. The van der Waals surface area contributed by atoms with Crippen LogP contribution in [0.1, 0.15) is 40.5 Å². The molecule has 0 radical (unpaired) electrons. The molecule has 2 saturated carbocycles. The molecule has 2 aliphatic rings. The van der Waals surface area contributed by atoms with E-state index in [1.165, 1.54) is 0 Å². The van der Waals surface area contributed by atoms with Gasteiger partial charge in [-0.2, -0.15) is 0 Å². The molecule has 0 heteroatoms. The van der Waals surface area contributed by atoms with Crippen LogP contribution in [0.4, 0.5) is 0 Å². The van der Waals surface area contributed by atoms with Crippen molar-refractivity contribution in [2.24, 2.45) is 35.5 Å². The van der Waals surface area contributed by atoms with Crippen LogP contribution in [0.5, 0.6) is 0 Å². The lowest BCUT2D eigenvalue weighted by Crippen LogP contribution is -2.22. The molecule has 2 rings (SSSR count).